The van der Waals surface area contributed by atoms with E-state index in [1.807, 2.05) is 13.8 Å². The predicted octanol–water partition coefficient (Wildman–Crippen LogP) is 2.36. The zero-order chi connectivity index (χ0) is 23.1. The molecule has 2 heterocycles. The topological polar surface area (TPSA) is 109 Å². The highest BCUT2D eigenvalue weighted by molar-refractivity contribution is 5.98. The molecule has 1 saturated heterocycles. The minimum Gasteiger partial charge on any atom is -0.394 e. The number of aromatic nitrogens is 2. The molecule has 1 aromatic carbocycles. The standard InChI is InChI=1S/C23H36N8O/c1-5-29(6-2)15-16-32-28-17(3)19-7-9-20(10-8-19)30-11-13-31(14-12-30)21-18(4)26-23(25)27-22(21)24/h7-10H,5-6,11-16H2,1-4H3,(H4,24,25,26,27). The zero-order valence-electron chi connectivity index (χ0n) is 19.7. The Kier molecular flexibility index (Phi) is 8.10. The molecule has 32 heavy (non-hydrogen) atoms. The molecule has 0 unspecified atom stereocenters. The van der Waals surface area contributed by atoms with E-state index in [1.54, 1.807) is 0 Å². The molecule has 1 aromatic heterocycles. The molecular weight excluding hydrogens is 404 g/mol. The van der Waals surface area contributed by atoms with E-state index in [0.717, 1.165) is 68.5 Å². The van der Waals surface area contributed by atoms with Gasteiger partial charge in [0.25, 0.3) is 0 Å². The number of oxime groups is 1. The third-order valence-electron chi connectivity index (χ3n) is 5.94. The molecule has 0 atom stereocenters. The Hall–Kier alpha value is -3.07. The molecule has 1 aliphatic heterocycles. The fraction of sp³-hybridized carbons (Fsp3) is 0.522. The van der Waals surface area contributed by atoms with Crippen molar-refractivity contribution in [2.45, 2.75) is 27.7 Å². The summed E-state index contributed by atoms with van der Waals surface area (Å²) in [4.78, 5) is 20.8. The predicted molar refractivity (Wildman–Crippen MR) is 132 cm³/mol. The first-order valence-electron chi connectivity index (χ1n) is 11.3. The molecule has 0 saturated carbocycles. The average Bonchev–Trinajstić information content (AvgIpc) is 2.79. The summed E-state index contributed by atoms with van der Waals surface area (Å²) in [6, 6.07) is 8.49. The molecule has 2 aromatic rings. The van der Waals surface area contributed by atoms with Gasteiger partial charge in [0, 0.05) is 38.4 Å². The fourth-order valence-corrected chi connectivity index (χ4v) is 4.01. The SMILES string of the molecule is CCN(CC)CCON=C(C)c1ccc(N2CCN(c3c(C)nc(N)nc3N)CC2)cc1. The number of piperazine rings is 1. The molecule has 0 amide bonds. The Labute approximate surface area is 191 Å². The molecular formula is C23H36N8O. The highest BCUT2D eigenvalue weighted by Gasteiger charge is 2.22. The van der Waals surface area contributed by atoms with Crippen molar-refractivity contribution in [1.29, 1.82) is 0 Å². The smallest absolute Gasteiger partial charge is 0.222 e. The molecule has 1 aliphatic rings. The maximum absolute atomic E-state index is 6.11. The van der Waals surface area contributed by atoms with Gasteiger partial charge in [-0.1, -0.05) is 31.1 Å². The molecule has 1 fully saturated rings. The van der Waals surface area contributed by atoms with Gasteiger partial charge in [0.05, 0.1) is 11.4 Å². The third-order valence-corrected chi connectivity index (χ3v) is 5.94. The summed E-state index contributed by atoms with van der Waals surface area (Å²) >= 11 is 0. The second-order valence-electron chi connectivity index (χ2n) is 7.96. The second kappa shape index (κ2) is 11.0. The van der Waals surface area contributed by atoms with Crippen molar-refractivity contribution in [1.82, 2.24) is 14.9 Å². The van der Waals surface area contributed by atoms with Crippen molar-refractivity contribution in [3.8, 4) is 0 Å². The van der Waals surface area contributed by atoms with Crippen molar-refractivity contribution < 1.29 is 4.84 Å². The first-order chi connectivity index (χ1) is 15.4. The van der Waals surface area contributed by atoms with Crippen LogP contribution in [0.4, 0.5) is 23.1 Å². The van der Waals surface area contributed by atoms with Gasteiger partial charge in [0.15, 0.2) is 5.82 Å². The van der Waals surface area contributed by atoms with Crippen LogP contribution >= 0.6 is 0 Å². The highest BCUT2D eigenvalue weighted by Crippen LogP contribution is 2.27. The number of anilines is 4. The first-order valence-corrected chi connectivity index (χ1v) is 11.3. The van der Waals surface area contributed by atoms with Crippen LogP contribution in [0.5, 0.6) is 0 Å². The largest absolute Gasteiger partial charge is 0.394 e. The van der Waals surface area contributed by atoms with E-state index in [9.17, 15) is 0 Å². The number of rotatable bonds is 9. The van der Waals surface area contributed by atoms with Crippen LogP contribution < -0.4 is 21.3 Å². The van der Waals surface area contributed by atoms with E-state index in [0.29, 0.717) is 12.4 Å². The zero-order valence-corrected chi connectivity index (χ0v) is 19.7. The fourth-order valence-electron chi connectivity index (χ4n) is 4.01. The molecule has 9 nitrogen and oxygen atoms in total. The average molecular weight is 441 g/mol. The van der Waals surface area contributed by atoms with Crippen molar-refractivity contribution >= 4 is 28.9 Å². The number of benzene rings is 1. The number of nitrogens with two attached hydrogens (primary N) is 2. The van der Waals surface area contributed by atoms with Gasteiger partial charge in [0.1, 0.15) is 12.3 Å². The molecule has 0 spiro atoms. The normalized spacial score (nSPS) is 14.8. The van der Waals surface area contributed by atoms with E-state index in [-0.39, 0.29) is 5.95 Å². The summed E-state index contributed by atoms with van der Waals surface area (Å²) in [5.74, 6) is 0.664. The summed E-state index contributed by atoms with van der Waals surface area (Å²) in [6.07, 6.45) is 0. The Morgan fingerprint density at radius 2 is 1.66 bits per heavy atom. The van der Waals surface area contributed by atoms with Crippen LogP contribution in [0.1, 0.15) is 32.0 Å². The summed E-state index contributed by atoms with van der Waals surface area (Å²) in [6.45, 7) is 15.2. The van der Waals surface area contributed by atoms with Crippen LogP contribution in [-0.4, -0.2) is 73.0 Å². The van der Waals surface area contributed by atoms with E-state index in [4.69, 9.17) is 16.3 Å². The first kappa shape index (κ1) is 23.6. The monoisotopic (exact) mass is 440 g/mol. The van der Waals surface area contributed by atoms with Crippen molar-refractivity contribution in [3.05, 3.63) is 35.5 Å². The van der Waals surface area contributed by atoms with Gasteiger partial charge in [-0.15, -0.1) is 0 Å². The molecule has 4 N–H and O–H groups in total. The maximum atomic E-state index is 6.11. The molecule has 3 rings (SSSR count). The van der Waals surface area contributed by atoms with Gasteiger partial charge in [-0.3, -0.25) is 0 Å². The summed E-state index contributed by atoms with van der Waals surface area (Å²) in [5, 5.41) is 4.28. The number of aryl methyl sites for hydroxylation is 1. The van der Waals surface area contributed by atoms with Gasteiger partial charge in [-0.05, 0) is 44.6 Å². The summed E-state index contributed by atoms with van der Waals surface area (Å²) in [7, 11) is 0. The van der Waals surface area contributed by atoms with Crippen molar-refractivity contribution in [2.24, 2.45) is 5.16 Å². The molecule has 0 radical (unpaired) electrons. The van der Waals surface area contributed by atoms with Gasteiger partial charge in [-0.2, -0.15) is 4.98 Å². The molecule has 174 valence electrons. The van der Waals surface area contributed by atoms with E-state index < -0.39 is 0 Å². The van der Waals surface area contributed by atoms with Crippen LogP contribution in [0.25, 0.3) is 0 Å². The Balaban J connectivity index is 1.54. The van der Waals surface area contributed by atoms with Crippen LogP contribution in [0.2, 0.25) is 0 Å². The van der Waals surface area contributed by atoms with Crippen molar-refractivity contribution in [2.75, 3.05) is 73.7 Å². The van der Waals surface area contributed by atoms with E-state index in [1.165, 1.54) is 5.69 Å². The third kappa shape index (κ3) is 5.79. The Morgan fingerprint density at radius 3 is 2.25 bits per heavy atom. The number of hydrogen-bond acceptors (Lipinski definition) is 9. The van der Waals surface area contributed by atoms with Crippen LogP contribution in [0.3, 0.4) is 0 Å². The molecule has 0 bridgehead atoms. The number of nitrogens with zero attached hydrogens (tertiary/aromatic N) is 6. The minimum absolute atomic E-state index is 0.218. The van der Waals surface area contributed by atoms with E-state index >= 15 is 0 Å². The van der Waals surface area contributed by atoms with Crippen LogP contribution in [-0.2, 0) is 4.84 Å². The summed E-state index contributed by atoms with van der Waals surface area (Å²) < 4.78 is 0. The van der Waals surface area contributed by atoms with Gasteiger partial charge < -0.3 is 31.0 Å². The lowest BCUT2D eigenvalue weighted by atomic mass is 10.1. The van der Waals surface area contributed by atoms with Gasteiger partial charge in [0.2, 0.25) is 5.95 Å². The second-order valence-corrected chi connectivity index (χ2v) is 7.96. The quantitative estimate of drug-likeness (QED) is 0.347. The number of nitrogen functional groups attached to an aromatic ring is 2. The highest BCUT2D eigenvalue weighted by atomic mass is 16.6. The lowest BCUT2D eigenvalue weighted by Crippen LogP contribution is -2.47. The lowest BCUT2D eigenvalue weighted by molar-refractivity contribution is 0.114. The number of likely N-dealkylation sites (N-methyl/N-ethyl adjacent to an activating group) is 1. The molecule has 0 aliphatic carbocycles. The van der Waals surface area contributed by atoms with Gasteiger partial charge in [-0.25, -0.2) is 4.98 Å². The Morgan fingerprint density at radius 1 is 1.03 bits per heavy atom. The van der Waals surface area contributed by atoms with Gasteiger partial charge >= 0.3 is 0 Å². The van der Waals surface area contributed by atoms with Crippen molar-refractivity contribution in [3.63, 3.8) is 0 Å². The lowest BCUT2D eigenvalue weighted by Gasteiger charge is -2.38. The van der Waals surface area contributed by atoms with Crippen LogP contribution in [0, 0.1) is 6.92 Å². The maximum Gasteiger partial charge on any atom is 0.222 e. The van der Waals surface area contributed by atoms with E-state index in [2.05, 4.69) is 67.9 Å². The number of hydrogen-bond donors (Lipinski definition) is 2. The minimum atomic E-state index is 0.218. The Bertz CT molecular complexity index is 880. The van der Waals surface area contributed by atoms with Crippen LogP contribution in [0.15, 0.2) is 29.4 Å². The summed E-state index contributed by atoms with van der Waals surface area (Å²) in [5.41, 5.74) is 16.7. The molecule has 9 heteroatoms.